The Morgan fingerprint density at radius 1 is 1.26 bits per heavy atom. The van der Waals surface area contributed by atoms with Crippen LogP contribution in [0.3, 0.4) is 0 Å². The molecule has 0 aliphatic rings. The Morgan fingerprint density at radius 3 is 2.21 bits per heavy atom. The van der Waals surface area contributed by atoms with Gasteiger partial charge in [-0.05, 0) is 67.0 Å². The van der Waals surface area contributed by atoms with Gasteiger partial charge >= 0.3 is 5.97 Å². The summed E-state index contributed by atoms with van der Waals surface area (Å²) < 4.78 is 0. The van der Waals surface area contributed by atoms with Gasteiger partial charge in [-0.15, -0.1) is 0 Å². The molecule has 0 saturated heterocycles. The van der Waals surface area contributed by atoms with Crippen molar-refractivity contribution in [3.05, 3.63) is 0 Å². The lowest BCUT2D eigenvalue weighted by Gasteiger charge is -2.29. The number of carbonyl (C=O) groups is 1. The average Bonchev–Trinajstić information content (AvgIpc) is 2.27. The average molecular weight is 272 g/mol. The lowest BCUT2D eigenvalue weighted by atomic mass is 9.94. The number of unbranched alkanes of at least 4 members (excludes halogenated alkanes) is 1. The Kier molecular flexibility index (Phi) is 8.26. The summed E-state index contributed by atoms with van der Waals surface area (Å²) in [6, 6.07) is 0.744. The van der Waals surface area contributed by atoms with Crippen molar-refractivity contribution in [2.75, 3.05) is 13.1 Å². The van der Waals surface area contributed by atoms with E-state index in [1.165, 1.54) is 0 Å². The maximum Gasteiger partial charge on any atom is 0.323 e. The van der Waals surface area contributed by atoms with E-state index in [4.69, 9.17) is 0 Å². The first-order valence-electron chi connectivity index (χ1n) is 7.48. The lowest BCUT2D eigenvalue weighted by Crippen LogP contribution is -2.52. The van der Waals surface area contributed by atoms with Crippen molar-refractivity contribution in [3.63, 3.8) is 0 Å². The highest BCUT2D eigenvalue weighted by Crippen LogP contribution is 2.16. The van der Waals surface area contributed by atoms with Gasteiger partial charge in [-0.25, -0.2) is 0 Å². The van der Waals surface area contributed by atoms with Gasteiger partial charge in [0.2, 0.25) is 0 Å². The number of aliphatic carboxylic acids is 1. The van der Waals surface area contributed by atoms with E-state index in [1.807, 2.05) is 13.8 Å². The van der Waals surface area contributed by atoms with Gasteiger partial charge in [-0.2, -0.15) is 0 Å². The molecule has 0 heterocycles. The number of carboxylic acids is 1. The van der Waals surface area contributed by atoms with E-state index in [0.717, 1.165) is 25.9 Å². The smallest absolute Gasteiger partial charge is 0.323 e. The molecule has 0 amide bonds. The Morgan fingerprint density at radius 2 is 1.84 bits per heavy atom. The first-order valence-corrected chi connectivity index (χ1v) is 7.48. The molecule has 0 aliphatic heterocycles. The highest BCUT2D eigenvalue weighted by molar-refractivity contribution is 5.78. The molecule has 0 aromatic carbocycles. The zero-order valence-corrected chi connectivity index (χ0v) is 13.5. The summed E-state index contributed by atoms with van der Waals surface area (Å²) >= 11 is 0. The molecule has 4 nitrogen and oxygen atoms in total. The molecule has 0 rings (SSSR count). The van der Waals surface area contributed by atoms with Crippen molar-refractivity contribution in [1.82, 2.24) is 10.2 Å². The summed E-state index contributed by atoms with van der Waals surface area (Å²) in [5.74, 6) is -0.752. The van der Waals surface area contributed by atoms with Gasteiger partial charge in [0, 0.05) is 12.1 Å². The molecule has 1 atom stereocenters. The van der Waals surface area contributed by atoms with Crippen molar-refractivity contribution in [1.29, 1.82) is 0 Å². The van der Waals surface area contributed by atoms with Crippen molar-refractivity contribution < 1.29 is 9.90 Å². The number of hydrogen-bond donors (Lipinski definition) is 2. The summed E-state index contributed by atoms with van der Waals surface area (Å²) in [4.78, 5) is 13.8. The Labute approximate surface area is 118 Å². The normalized spacial score (nSPS) is 15.2. The van der Waals surface area contributed by atoms with Gasteiger partial charge in [0.25, 0.3) is 0 Å². The molecular weight excluding hydrogens is 240 g/mol. The molecule has 0 fully saturated rings. The van der Waals surface area contributed by atoms with Gasteiger partial charge < -0.3 is 10.0 Å². The standard InChI is InChI=1S/C15H32N2O2/c1-7-17(13(4)5)11-9-8-10-15(6,14(18)19)16-12(2)3/h12-13,16H,7-11H2,1-6H3,(H,18,19). The van der Waals surface area contributed by atoms with Crippen LogP contribution >= 0.6 is 0 Å². The summed E-state index contributed by atoms with van der Waals surface area (Å²) in [5, 5.41) is 12.5. The van der Waals surface area contributed by atoms with Crippen molar-refractivity contribution in [3.8, 4) is 0 Å². The fourth-order valence-electron chi connectivity index (χ4n) is 2.45. The molecule has 0 radical (unpaired) electrons. The van der Waals surface area contributed by atoms with Crippen LogP contribution in [0.25, 0.3) is 0 Å². The van der Waals surface area contributed by atoms with Crippen LogP contribution in [0.15, 0.2) is 0 Å². The highest BCUT2D eigenvalue weighted by Gasteiger charge is 2.32. The summed E-state index contributed by atoms with van der Waals surface area (Å²) in [6.07, 6.45) is 2.66. The summed E-state index contributed by atoms with van der Waals surface area (Å²) in [7, 11) is 0. The summed E-state index contributed by atoms with van der Waals surface area (Å²) in [5.41, 5.74) is -0.803. The van der Waals surface area contributed by atoms with Gasteiger partial charge in [0.1, 0.15) is 5.54 Å². The van der Waals surface area contributed by atoms with Crippen molar-refractivity contribution in [2.24, 2.45) is 0 Å². The van der Waals surface area contributed by atoms with Crippen LogP contribution in [0.5, 0.6) is 0 Å². The molecular formula is C15H32N2O2. The summed E-state index contributed by atoms with van der Waals surface area (Å²) in [6.45, 7) is 14.4. The van der Waals surface area contributed by atoms with E-state index in [9.17, 15) is 9.90 Å². The van der Waals surface area contributed by atoms with Gasteiger partial charge in [-0.3, -0.25) is 10.1 Å². The third-order valence-electron chi connectivity index (χ3n) is 3.59. The third kappa shape index (κ3) is 6.92. The van der Waals surface area contributed by atoms with Crippen molar-refractivity contribution >= 4 is 5.97 Å². The molecule has 0 spiro atoms. The first-order chi connectivity index (χ1) is 8.73. The van der Waals surface area contributed by atoms with Crippen LogP contribution in [0.1, 0.15) is 60.8 Å². The number of hydrogen-bond acceptors (Lipinski definition) is 3. The number of carboxylic acid groups (broad SMARTS) is 1. The monoisotopic (exact) mass is 272 g/mol. The van der Waals surface area contributed by atoms with Crippen LogP contribution in [0.4, 0.5) is 0 Å². The zero-order chi connectivity index (χ0) is 15.1. The van der Waals surface area contributed by atoms with Crippen LogP contribution in [0.2, 0.25) is 0 Å². The van der Waals surface area contributed by atoms with Gasteiger partial charge in [0.15, 0.2) is 0 Å². The minimum absolute atomic E-state index is 0.184. The predicted octanol–water partition coefficient (Wildman–Crippen LogP) is 2.73. The van der Waals surface area contributed by atoms with Crippen LogP contribution in [0, 0.1) is 0 Å². The number of rotatable bonds is 10. The SMILES string of the molecule is CCN(CCCCC(C)(NC(C)C)C(=O)O)C(C)C. The van der Waals surface area contributed by atoms with E-state index in [0.29, 0.717) is 12.5 Å². The van der Waals surface area contributed by atoms with Gasteiger partial charge in [-0.1, -0.05) is 6.92 Å². The van der Waals surface area contributed by atoms with E-state index in [-0.39, 0.29) is 6.04 Å². The molecule has 0 bridgehead atoms. The quantitative estimate of drug-likeness (QED) is 0.600. The van der Waals surface area contributed by atoms with Crippen LogP contribution in [-0.2, 0) is 4.79 Å². The molecule has 0 aromatic rings. The minimum Gasteiger partial charge on any atom is -0.480 e. The van der Waals surface area contributed by atoms with E-state index in [1.54, 1.807) is 6.92 Å². The van der Waals surface area contributed by atoms with E-state index < -0.39 is 11.5 Å². The number of nitrogens with one attached hydrogen (secondary N) is 1. The predicted molar refractivity (Wildman–Crippen MR) is 80.5 cm³/mol. The third-order valence-corrected chi connectivity index (χ3v) is 3.59. The molecule has 4 heteroatoms. The molecule has 114 valence electrons. The first kappa shape index (κ1) is 18.4. The topological polar surface area (TPSA) is 52.6 Å². The zero-order valence-electron chi connectivity index (χ0n) is 13.5. The fourth-order valence-corrected chi connectivity index (χ4v) is 2.45. The number of nitrogens with zero attached hydrogens (tertiary/aromatic N) is 1. The lowest BCUT2D eigenvalue weighted by molar-refractivity contribution is -0.144. The molecule has 0 saturated carbocycles. The second-order valence-corrected chi connectivity index (χ2v) is 6.12. The molecule has 19 heavy (non-hydrogen) atoms. The Hall–Kier alpha value is -0.610. The van der Waals surface area contributed by atoms with E-state index in [2.05, 4.69) is 31.0 Å². The Balaban J connectivity index is 4.17. The Bertz CT molecular complexity index is 267. The molecule has 0 aromatic heterocycles. The molecule has 1 unspecified atom stereocenters. The molecule has 0 aliphatic carbocycles. The maximum absolute atomic E-state index is 11.4. The van der Waals surface area contributed by atoms with Crippen molar-refractivity contribution in [2.45, 2.75) is 78.4 Å². The highest BCUT2D eigenvalue weighted by atomic mass is 16.4. The van der Waals surface area contributed by atoms with Crippen LogP contribution < -0.4 is 5.32 Å². The van der Waals surface area contributed by atoms with Gasteiger partial charge in [0.05, 0.1) is 0 Å². The molecule has 2 N–H and O–H groups in total. The maximum atomic E-state index is 11.4. The van der Waals surface area contributed by atoms with E-state index >= 15 is 0 Å². The van der Waals surface area contributed by atoms with Crippen LogP contribution in [-0.4, -0.2) is 46.7 Å². The largest absolute Gasteiger partial charge is 0.480 e. The minimum atomic E-state index is -0.803. The second kappa shape index (κ2) is 8.54. The second-order valence-electron chi connectivity index (χ2n) is 6.12. The fraction of sp³-hybridized carbons (Fsp3) is 0.933.